The number of hydrogen-bond donors (Lipinski definition) is 0. The lowest BCUT2D eigenvalue weighted by molar-refractivity contribution is 0.195. The van der Waals surface area contributed by atoms with Crippen molar-refractivity contribution >= 4 is 37.4 Å². The minimum absolute atomic E-state index is 0.649. The summed E-state index contributed by atoms with van der Waals surface area (Å²) in [7, 11) is 0. The van der Waals surface area contributed by atoms with Crippen LogP contribution in [0.1, 0.15) is 18.9 Å². The Morgan fingerprint density at radius 1 is 1.39 bits per heavy atom. The molecular weight excluding hydrogens is 306 g/mol. The molecule has 1 aromatic heterocycles. The molecule has 1 nitrogen and oxygen atoms in total. The molecule has 2 atom stereocenters. The van der Waals surface area contributed by atoms with Crippen LogP contribution in [0.15, 0.2) is 29.6 Å². The number of fused-ring (bicyclic) bond motifs is 1. The van der Waals surface area contributed by atoms with Gasteiger partial charge in [-0.05, 0) is 41.3 Å². The molecule has 1 aliphatic heterocycles. The first kappa shape index (κ1) is 12.6. The summed E-state index contributed by atoms with van der Waals surface area (Å²) in [6, 6.07) is 8.73. The SMILES string of the molecule is CC1CCN(Cc2csc3ccccc23)CC1Br. The van der Waals surface area contributed by atoms with Crippen LogP contribution in [0.3, 0.4) is 0 Å². The van der Waals surface area contributed by atoms with Crippen molar-refractivity contribution in [3.8, 4) is 0 Å². The minimum Gasteiger partial charge on any atom is -0.298 e. The highest BCUT2D eigenvalue weighted by molar-refractivity contribution is 9.09. The maximum Gasteiger partial charge on any atom is 0.0346 e. The molecule has 0 amide bonds. The van der Waals surface area contributed by atoms with E-state index < -0.39 is 0 Å². The average Bonchev–Trinajstić information content (AvgIpc) is 2.78. The molecule has 96 valence electrons. The van der Waals surface area contributed by atoms with Crippen molar-refractivity contribution in [2.75, 3.05) is 13.1 Å². The van der Waals surface area contributed by atoms with Gasteiger partial charge in [0, 0.05) is 22.6 Å². The quantitative estimate of drug-likeness (QED) is 0.735. The second-order valence-corrected chi connectivity index (χ2v) is 7.36. The largest absolute Gasteiger partial charge is 0.298 e. The number of thiophene rings is 1. The summed E-state index contributed by atoms with van der Waals surface area (Å²) in [4.78, 5) is 3.23. The Labute approximate surface area is 121 Å². The van der Waals surface area contributed by atoms with Gasteiger partial charge in [0.25, 0.3) is 0 Å². The van der Waals surface area contributed by atoms with E-state index in [1.807, 2.05) is 11.3 Å². The molecule has 1 aromatic carbocycles. The fourth-order valence-electron chi connectivity index (χ4n) is 2.62. The standard InChI is InChI=1S/C15H18BrNS/c1-11-6-7-17(9-14(11)16)8-12-10-18-15-5-3-2-4-13(12)15/h2-5,10-11,14H,6-9H2,1H3. The maximum absolute atomic E-state index is 3.81. The molecule has 2 aromatic rings. The summed E-state index contributed by atoms with van der Waals surface area (Å²) >= 11 is 5.67. The van der Waals surface area contributed by atoms with Gasteiger partial charge in [-0.15, -0.1) is 11.3 Å². The highest BCUT2D eigenvalue weighted by Gasteiger charge is 2.24. The van der Waals surface area contributed by atoms with Crippen LogP contribution < -0.4 is 0 Å². The first-order valence-electron chi connectivity index (χ1n) is 6.55. The van der Waals surface area contributed by atoms with E-state index in [-0.39, 0.29) is 0 Å². The van der Waals surface area contributed by atoms with Crippen LogP contribution in [0.4, 0.5) is 0 Å². The van der Waals surface area contributed by atoms with Gasteiger partial charge in [0.15, 0.2) is 0 Å². The summed E-state index contributed by atoms with van der Waals surface area (Å²) in [5.74, 6) is 0.806. The van der Waals surface area contributed by atoms with Crippen molar-refractivity contribution < 1.29 is 0 Å². The number of benzene rings is 1. The van der Waals surface area contributed by atoms with Crippen LogP contribution >= 0.6 is 27.3 Å². The zero-order valence-electron chi connectivity index (χ0n) is 10.6. The first-order valence-corrected chi connectivity index (χ1v) is 8.35. The Hall–Kier alpha value is -0.380. The van der Waals surface area contributed by atoms with Gasteiger partial charge in [-0.3, -0.25) is 4.90 Å². The van der Waals surface area contributed by atoms with Gasteiger partial charge < -0.3 is 0 Å². The number of likely N-dealkylation sites (tertiary alicyclic amines) is 1. The van der Waals surface area contributed by atoms with Crippen LogP contribution in [-0.2, 0) is 6.54 Å². The van der Waals surface area contributed by atoms with Crippen molar-refractivity contribution in [1.29, 1.82) is 0 Å². The summed E-state index contributed by atoms with van der Waals surface area (Å²) in [5.41, 5.74) is 1.49. The van der Waals surface area contributed by atoms with E-state index in [9.17, 15) is 0 Å². The second kappa shape index (κ2) is 5.32. The van der Waals surface area contributed by atoms with Crippen LogP contribution in [0.5, 0.6) is 0 Å². The third kappa shape index (κ3) is 2.49. The lowest BCUT2D eigenvalue weighted by atomic mass is 9.98. The fraction of sp³-hybridized carbons (Fsp3) is 0.467. The van der Waals surface area contributed by atoms with Crippen molar-refractivity contribution in [3.63, 3.8) is 0 Å². The number of halogens is 1. The summed E-state index contributed by atoms with van der Waals surface area (Å²) < 4.78 is 1.41. The highest BCUT2D eigenvalue weighted by atomic mass is 79.9. The molecule has 0 bridgehead atoms. The lowest BCUT2D eigenvalue weighted by Gasteiger charge is -2.34. The molecular formula is C15H18BrNS. The smallest absolute Gasteiger partial charge is 0.0346 e. The third-order valence-electron chi connectivity index (χ3n) is 3.91. The van der Waals surface area contributed by atoms with Crippen LogP contribution in [0, 0.1) is 5.92 Å². The van der Waals surface area contributed by atoms with Gasteiger partial charge in [-0.25, -0.2) is 0 Å². The average molecular weight is 324 g/mol. The molecule has 0 radical (unpaired) electrons. The molecule has 0 N–H and O–H groups in total. The number of alkyl halides is 1. The molecule has 1 saturated heterocycles. The molecule has 3 rings (SSSR count). The Kier molecular flexibility index (Phi) is 3.73. The van der Waals surface area contributed by atoms with Crippen LogP contribution in [0.25, 0.3) is 10.1 Å². The lowest BCUT2D eigenvalue weighted by Crippen LogP contribution is -2.39. The molecule has 1 aliphatic rings. The Morgan fingerprint density at radius 2 is 2.22 bits per heavy atom. The maximum atomic E-state index is 3.81. The van der Waals surface area contributed by atoms with E-state index in [0.717, 1.165) is 12.5 Å². The second-order valence-electron chi connectivity index (χ2n) is 5.27. The third-order valence-corrected chi connectivity index (χ3v) is 6.11. The van der Waals surface area contributed by atoms with Crippen molar-refractivity contribution in [3.05, 3.63) is 35.2 Å². The zero-order valence-corrected chi connectivity index (χ0v) is 13.0. The van der Waals surface area contributed by atoms with E-state index >= 15 is 0 Å². The van der Waals surface area contributed by atoms with Crippen LogP contribution in [0.2, 0.25) is 0 Å². The Morgan fingerprint density at radius 3 is 3.06 bits per heavy atom. The normalized spacial score (nSPS) is 25.7. The number of rotatable bonds is 2. The molecule has 1 fully saturated rings. The van der Waals surface area contributed by atoms with E-state index in [2.05, 4.69) is 57.4 Å². The van der Waals surface area contributed by atoms with E-state index in [1.165, 1.54) is 35.2 Å². The van der Waals surface area contributed by atoms with E-state index in [1.54, 1.807) is 0 Å². The fourth-order valence-corrected chi connectivity index (χ4v) is 4.25. The summed E-state index contributed by atoms with van der Waals surface area (Å²) in [6.45, 7) is 5.84. The predicted molar refractivity (Wildman–Crippen MR) is 83.6 cm³/mol. The number of nitrogens with zero attached hydrogens (tertiary/aromatic N) is 1. The van der Waals surface area contributed by atoms with E-state index in [4.69, 9.17) is 0 Å². The molecule has 2 unspecified atom stereocenters. The predicted octanol–water partition coefficient (Wildman–Crippen LogP) is 4.51. The molecule has 3 heteroatoms. The van der Waals surface area contributed by atoms with E-state index in [0.29, 0.717) is 4.83 Å². The summed E-state index contributed by atoms with van der Waals surface area (Å²) in [5, 5.41) is 3.76. The number of piperidine rings is 1. The number of hydrogen-bond acceptors (Lipinski definition) is 2. The Bertz CT molecular complexity index is 536. The van der Waals surface area contributed by atoms with Gasteiger partial charge in [-0.2, -0.15) is 0 Å². The van der Waals surface area contributed by atoms with Gasteiger partial charge in [-0.1, -0.05) is 41.1 Å². The highest BCUT2D eigenvalue weighted by Crippen LogP contribution is 2.29. The molecule has 18 heavy (non-hydrogen) atoms. The van der Waals surface area contributed by atoms with Gasteiger partial charge in [0.2, 0.25) is 0 Å². The topological polar surface area (TPSA) is 3.24 Å². The molecule has 0 spiro atoms. The van der Waals surface area contributed by atoms with Crippen LogP contribution in [-0.4, -0.2) is 22.8 Å². The molecule has 0 aliphatic carbocycles. The van der Waals surface area contributed by atoms with Gasteiger partial charge >= 0.3 is 0 Å². The zero-order chi connectivity index (χ0) is 12.5. The van der Waals surface area contributed by atoms with Crippen molar-refractivity contribution in [2.45, 2.75) is 24.7 Å². The van der Waals surface area contributed by atoms with Crippen molar-refractivity contribution in [1.82, 2.24) is 4.90 Å². The molecule has 0 saturated carbocycles. The molecule has 2 heterocycles. The monoisotopic (exact) mass is 323 g/mol. The van der Waals surface area contributed by atoms with Gasteiger partial charge in [0.05, 0.1) is 0 Å². The van der Waals surface area contributed by atoms with Crippen molar-refractivity contribution in [2.24, 2.45) is 5.92 Å². The summed E-state index contributed by atoms with van der Waals surface area (Å²) in [6.07, 6.45) is 1.30. The minimum atomic E-state index is 0.649. The van der Waals surface area contributed by atoms with Gasteiger partial charge in [0.1, 0.15) is 0 Å². The first-order chi connectivity index (χ1) is 8.74. The Balaban J connectivity index is 1.76.